The van der Waals surface area contributed by atoms with Crippen molar-refractivity contribution in [2.75, 3.05) is 5.32 Å². The van der Waals surface area contributed by atoms with Crippen LogP contribution in [-0.2, 0) is 0 Å². The Morgan fingerprint density at radius 1 is 1.29 bits per heavy atom. The third-order valence-corrected chi connectivity index (χ3v) is 3.52. The van der Waals surface area contributed by atoms with E-state index in [1.807, 2.05) is 45.9 Å². The zero-order valence-corrected chi connectivity index (χ0v) is 12.8. The molecule has 0 bridgehead atoms. The Morgan fingerprint density at radius 2 is 2.00 bits per heavy atom. The summed E-state index contributed by atoms with van der Waals surface area (Å²) in [5.74, 6) is 0.277. The van der Waals surface area contributed by atoms with Gasteiger partial charge in [0.25, 0.3) is 5.91 Å². The predicted octanol–water partition coefficient (Wildman–Crippen LogP) is 3.20. The first-order valence-corrected chi connectivity index (χ1v) is 6.98. The van der Waals surface area contributed by atoms with Crippen LogP contribution in [0.4, 0.5) is 5.69 Å². The maximum absolute atomic E-state index is 12.1. The van der Waals surface area contributed by atoms with Crippen LogP contribution in [0, 0.1) is 19.8 Å². The van der Waals surface area contributed by atoms with Crippen molar-refractivity contribution in [2.45, 2.75) is 33.7 Å². The summed E-state index contributed by atoms with van der Waals surface area (Å²) >= 11 is 0. The molecule has 0 saturated carbocycles. The Bertz CT molecular complexity index is 647. The lowest BCUT2D eigenvalue weighted by atomic mass is 10.1. The van der Waals surface area contributed by atoms with Crippen molar-refractivity contribution in [1.82, 2.24) is 4.98 Å². The molecule has 112 valence electrons. The van der Waals surface area contributed by atoms with Gasteiger partial charge in [0.1, 0.15) is 6.26 Å². The van der Waals surface area contributed by atoms with Gasteiger partial charge in [0, 0.05) is 5.69 Å². The van der Waals surface area contributed by atoms with E-state index in [0.717, 1.165) is 11.3 Å². The first kappa shape index (κ1) is 15.3. The summed E-state index contributed by atoms with van der Waals surface area (Å²) in [6, 6.07) is 5.44. The smallest absolute Gasteiger partial charge is 0.277 e. The molecule has 1 amide bonds. The number of anilines is 1. The van der Waals surface area contributed by atoms with E-state index in [-0.39, 0.29) is 23.6 Å². The topological polar surface area (TPSA) is 81.2 Å². The van der Waals surface area contributed by atoms with Crippen molar-refractivity contribution in [3.8, 4) is 0 Å². The van der Waals surface area contributed by atoms with E-state index in [1.54, 1.807) is 0 Å². The van der Waals surface area contributed by atoms with Gasteiger partial charge in [-0.2, -0.15) is 0 Å². The third kappa shape index (κ3) is 3.49. The summed E-state index contributed by atoms with van der Waals surface area (Å²) < 4.78 is 5.29. The van der Waals surface area contributed by atoms with Crippen molar-refractivity contribution in [3.63, 3.8) is 0 Å². The Balaban J connectivity index is 2.12. The molecule has 0 saturated heterocycles. The van der Waals surface area contributed by atoms with Crippen LogP contribution in [0.15, 0.2) is 28.9 Å². The van der Waals surface area contributed by atoms with Crippen molar-refractivity contribution in [3.05, 3.63) is 47.2 Å². The number of hydrogen-bond donors (Lipinski definition) is 2. The number of rotatable bonds is 4. The molecule has 0 spiro atoms. The Kier molecular flexibility index (Phi) is 4.43. The Labute approximate surface area is 124 Å². The molecule has 3 N–H and O–H groups in total. The monoisotopic (exact) mass is 287 g/mol. The number of amides is 1. The van der Waals surface area contributed by atoms with E-state index in [4.69, 9.17) is 10.2 Å². The molecule has 1 heterocycles. The Morgan fingerprint density at radius 3 is 2.62 bits per heavy atom. The molecule has 5 heteroatoms. The van der Waals surface area contributed by atoms with Crippen LogP contribution in [0.25, 0.3) is 0 Å². The van der Waals surface area contributed by atoms with E-state index in [9.17, 15) is 4.79 Å². The molecule has 5 nitrogen and oxygen atoms in total. The lowest BCUT2D eigenvalue weighted by Gasteiger charge is -2.10. The summed E-state index contributed by atoms with van der Waals surface area (Å²) in [7, 11) is 0. The molecule has 0 radical (unpaired) electrons. The predicted molar refractivity (Wildman–Crippen MR) is 82.1 cm³/mol. The van der Waals surface area contributed by atoms with Crippen LogP contribution >= 0.6 is 0 Å². The molecule has 2 aromatic rings. The number of carbonyl (C=O) groups excluding carboxylic acids is 1. The molecule has 1 atom stereocenters. The fourth-order valence-corrected chi connectivity index (χ4v) is 1.84. The average molecular weight is 287 g/mol. The molecule has 1 aromatic heterocycles. The molecule has 0 fully saturated rings. The molecule has 1 unspecified atom stereocenters. The number of oxazole rings is 1. The number of hydrogen-bond acceptors (Lipinski definition) is 4. The maximum atomic E-state index is 12.1. The van der Waals surface area contributed by atoms with E-state index < -0.39 is 0 Å². The molecule has 0 aliphatic rings. The van der Waals surface area contributed by atoms with Crippen LogP contribution < -0.4 is 11.1 Å². The van der Waals surface area contributed by atoms with Crippen molar-refractivity contribution >= 4 is 11.6 Å². The number of aromatic nitrogens is 1. The second-order valence-corrected chi connectivity index (χ2v) is 5.59. The molecule has 0 aliphatic carbocycles. The number of nitrogens with one attached hydrogen (secondary N) is 1. The van der Waals surface area contributed by atoms with Gasteiger partial charge in [0.05, 0.1) is 6.04 Å². The third-order valence-electron chi connectivity index (χ3n) is 3.52. The quantitative estimate of drug-likeness (QED) is 0.904. The lowest BCUT2D eigenvalue weighted by Crippen LogP contribution is -2.18. The first-order chi connectivity index (χ1) is 9.88. The standard InChI is InChI=1S/C16H21N3O2/c1-9(2)14(17)16-19-13(8-21-16)15(20)18-12-6-5-10(3)11(4)7-12/h5-9,14H,17H2,1-4H3,(H,18,20). The minimum absolute atomic E-state index is 0.194. The van der Waals surface area contributed by atoms with Gasteiger partial charge in [-0.15, -0.1) is 0 Å². The average Bonchev–Trinajstić information content (AvgIpc) is 2.91. The summed E-state index contributed by atoms with van der Waals surface area (Å²) in [5.41, 5.74) is 9.23. The van der Waals surface area contributed by atoms with Crippen LogP contribution in [0.3, 0.4) is 0 Å². The van der Waals surface area contributed by atoms with Crippen LogP contribution in [0.5, 0.6) is 0 Å². The summed E-state index contributed by atoms with van der Waals surface area (Å²) in [4.78, 5) is 16.3. The van der Waals surface area contributed by atoms with Gasteiger partial charge < -0.3 is 15.5 Å². The Hall–Kier alpha value is -2.14. The summed E-state index contributed by atoms with van der Waals surface area (Å²) in [5, 5.41) is 2.81. The lowest BCUT2D eigenvalue weighted by molar-refractivity contribution is 0.102. The highest BCUT2D eigenvalue weighted by Gasteiger charge is 2.19. The van der Waals surface area contributed by atoms with E-state index in [2.05, 4.69) is 10.3 Å². The minimum Gasteiger partial charge on any atom is -0.446 e. The number of nitrogens with two attached hydrogens (primary N) is 1. The number of carbonyl (C=O) groups is 1. The maximum Gasteiger partial charge on any atom is 0.277 e. The highest BCUT2D eigenvalue weighted by Crippen LogP contribution is 2.19. The fourth-order valence-electron chi connectivity index (χ4n) is 1.84. The SMILES string of the molecule is Cc1ccc(NC(=O)c2coc(C(N)C(C)C)n2)cc1C. The van der Waals surface area contributed by atoms with Crippen LogP contribution in [0.2, 0.25) is 0 Å². The molecule has 1 aromatic carbocycles. The van der Waals surface area contributed by atoms with Gasteiger partial charge in [-0.3, -0.25) is 4.79 Å². The largest absolute Gasteiger partial charge is 0.446 e. The van der Waals surface area contributed by atoms with Gasteiger partial charge in [0.15, 0.2) is 5.69 Å². The molecular weight excluding hydrogens is 266 g/mol. The number of nitrogens with zero attached hydrogens (tertiary/aromatic N) is 1. The van der Waals surface area contributed by atoms with E-state index >= 15 is 0 Å². The van der Waals surface area contributed by atoms with E-state index in [1.165, 1.54) is 11.8 Å². The summed E-state index contributed by atoms with van der Waals surface area (Å²) in [6.07, 6.45) is 1.34. The van der Waals surface area contributed by atoms with Gasteiger partial charge >= 0.3 is 0 Å². The number of aryl methyl sites for hydroxylation is 2. The zero-order chi connectivity index (χ0) is 15.6. The van der Waals surface area contributed by atoms with E-state index in [0.29, 0.717) is 5.89 Å². The van der Waals surface area contributed by atoms with Crippen molar-refractivity contribution < 1.29 is 9.21 Å². The molecular formula is C16H21N3O2. The molecule has 2 rings (SSSR count). The van der Waals surface area contributed by atoms with Gasteiger partial charge in [-0.05, 0) is 43.0 Å². The van der Waals surface area contributed by atoms with Crippen molar-refractivity contribution in [2.24, 2.45) is 11.7 Å². The fraction of sp³-hybridized carbons (Fsp3) is 0.375. The van der Waals surface area contributed by atoms with Crippen LogP contribution in [-0.4, -0.2) is 10.9 Å². The second kappa shape index (κ2) is 6.10. The second-order valence-electron chi connectivity index (χ2n) is 5.59. The summed E-state index contributed by atoms with van der Waals surface area (Å²) in [6.45, 7) is 7.98. The van der Waals surface area contributed by atoms with Gasteiger partial charge in [0.2, 0.25) is 5.89 Å². The van der Waals surface area contributed by atoms with Crippen molar-refractivity contribution in [1.29, 1.82) is 0 Å². The number of benzene rings is 1. The molecule has 21 heavy (non-hydrogen) atoms. The normalized spacial score (nSPS) is 12.5. The highest BCUT2D eigenvalue weighted by atomic mass is 16.3. The minimum atomic E-state index is -0.312. The zero-order valence-electron chi connectivity index (χ0n) is 12.8. The van der Waals surface area contributed by atoms with Gasteiger partial charge in [-0.25, -0.2) is 4.98 Å². The first-order valence-electron chi connectivity index (χ1n) is 6.98. The van der Waals surface area contributed by atoms with Gasteiger partial charge in [-0.1, -0.05) is 19.9 Å². The molecule has 0 aliphatic heterocycles. The highest BCUT2D eigenvalue weighted by molar-refractivity contribution is 6.02. The van der Waals surface area contributed by atoms with Crippen LogP contribution in [0.1, 0.15) is 47.4 Å².